The first-order valence-electron chi connectivity index (χ1n) is 6.33. The lowest BCUT2D eigenvalue weighted by Crippen LogP contribution is -1.96. The predicted octanol–water partition coefficient (Wildman–Crippen LogP) is 3.92. The Bertz CT molecular complexity index is 343. The zero-order chi connectivity index (χ0) is 12.8. The van der Waals surface area contributed by atoms with E-state index in [2.05, 4.69) is 6.92 Å². The van der Waals surface area contributed by atoms with Crippen LogP contribution in [0.5, 0.6) is 11.5 Å². The fraction of sp³-hybridized carbons (Fsp3) is 0.571. The molecule has 0 amide bonds. The molecule has 17 heavy (non-hydrogen) atoms. The molecule has 0 spiro atoms. The van der Waals surface area contributed by atoms with Crippen LogP contribution in [0, 0.1) is 5.82 Å². The van der Waals surface area contributed by atoms with E-state index in [0.717, 1.165) is 25.7 Å². The molecule has 0 bridgehead atoms. The second kappa shape index (κ2) is 6.48. The van der Waals surface area contributed by atoms with Gasteiger partial charge in [-0.3, -0.25) is 0 Å². The van der Waals surface area contributed by atoms with Crippen molar-refractivity contribution in [3.63, 3.8) is 0 Å². The van der Waals surface area contributed by atoms with Crippen LogP contribution >= 0.6 is 0 Å². The van der Waals surface area contributed by atoms with Gasteiger partial charge < -0.3 is 10.2 Å². The Labute approximate surface area is 102 Å². The molecule has 0 fully saturated rings. The molecule has 0 aliphatic rings. The molecule has 0 aromatic heterocycles. The minimum absolute atomic E-state index is 0.295. The van der Waals surface area contributed by atoms with Crippen LogP contribution in [-0.2, 0) is 12.8 Å². The summed E-state index contributed by atoms with van der Waals surface area (Å²) in [6.45, 7) is 4.09. The van der Waals surface area contributed by atoms with Crippen molar-refractivity contribution in [1.82, 2.24) is 0 Å². The van der Waals surface area contributed by atoms with E-state index in [1.165, 1.54) is 0 Å². The minimum atomic E-state index is -0.670. The average Bonchev–Trinajstić information content (AvgIpc) is 2.34. The van der Waals surface area contributed by atoms with Crippen molar-refractivity contribution in [2.75, 3.05) is 0 Å². The maximum absolute atomic E-state index is 13.7. The zero-order valence-electron chi connectivity index (χ0n) is 10.6. The highest BCUT2D eigenvalue weighted by molar-refractivity contribution is 5.49. The number of aryl methyl sites for hydroxylation is 2. The van der Waals surface area contributed by atoms with Crippen molar-refractivity contribution in [2.45, 2.75) is 52.4 Å². The van der Waals surface area contributed by atoms with Crippen molar-refractivity contribution < 1.29 is 14.6 Å². The summed E-state index contributed by atoms with van der Waals surface area (Å²) >= 11 is 0. The van der Waals surface area contributed by atoms with Gasteiger partial charge in [0.2, 0.25) is 0 Å². The molecule has 1 aromatic carbocycles. The number of halogens is 1. The molecule has 0 radical (unpaired) electrons. The molecule has 1 rings (SSSR count). The SMILES string of the molecule is CCCCc1cc(CCCC)c(F)c(O)c1O. The molecule has 0 atom stereocenters. The van der Waals surface area contributed by atoms with Crippen LogP contribution in [0.3, 0.4) is 0 Å². The first kappa shape index (κ1) is 13.8. The van der Waals surface area contributed by atoms with Gasteiger partial charge in [-0.2, -0.15) is 0 Å². The lowest BCUT2D eigenvalue weighted by molar-refractivity contribution is 0.372. The van der Waals surface area contributed by atoms with Gasteiger partial charge in [-0.25, -0.2) is 4.39 Å². The second-order valence-corrected chi connectivity index (χ2v) is 4.41. The smallest absolute Gasteiger partial charge is 0.194 e. The van der Waals surface area contributed by atoms with Crippen LogP contribution in [-0.4, -0.2) is 10.2 Å². The normalized spacial score (nSPS) is 10.8. The minimum Gasteiger partial charge on any atom is -0.504 e. The van der Waals surface area contributed by atoms with Gasteiger partial charge in [-0.05, 0) is 42.9 Å². The van der Waals surface area contributed by atoms with E-state index in [9.17, 15) is 14.6 Å². The molecule has 0 aliphatic heterocycles. The first-order valence-corrected chi connectivity index (χ1v) is 6.33. The van der Waals surface area contributed by atoms with Gasteiger partial charge in [-0.1, -0.05) is 26.7 Å². The molecule has 2 N–H and O–H groups in total. The van der Waals surface area contributed by atoms with E-state index < -0.39 is 11.6 Å². The Balaban J connectivity index is 3.01. The highest BCUT2D eigenvalue weighted by Crippen LogP contribution is 2.35. The summed E-state index contributed by atoms with van der Waals surface area (Å²) in [7, 11) is 0. The number of unbranched alkanes of at least 4 members (excludes halogenated alkanes) is 2. The number of aromatic hydroxyl groups is 2. The van der Waals surface area contributed by atoms with E-state index in [-0.39, 0.29) is 5.75 Å². The van der Waals surface area contributed by atoms with Gasteiger partial charge in [0.05, 0.1) is 0 Å². The number of phenolic OH excluding ortho intramolecular Hbond substituents is 2. The van der Waals surface area contributed by atoms with Crippen LogP contribution in [0.1, 0.15) is 50.7 Å². The number of benzene rings is 1. The summed E-state index contributed by atoms with van der Waals surface area (Å²) in [6, 6.07) is 1.69. The van der Waals surface area contributed by atoms with Gasteiger partial charge >= 0.3 is 0 Å². The number of rotatable bonds is 6. The number of hydrogen-bond donors (Lipinski definition) is 2. The fourth-order valence-corrected chi connectivity index (χ4v) is 1.86. The van der Waals surface area contributed by atoms with Crippen molar-refractivity contribution in [1.29, 1.82) is 0 Å². The largest absolute Gasteiger partial charge is 0.504 e. The third kappa shape index (κ3) is 3.35. The zero-order valence-corrected chi connectivity index (χ0v) is 10.6. The summed E-state index contributed by atoms with van der Waals surface area (Å²) in [4.78, 5) is 0. The number of phenols is 2. The third-order valence-electron chi connectivity index (χ3n) is 2.97. The van der Waals surface area contributed by atoms with E-state index in [0.29, 0.717) is 24.0 Å². The van der Waals surface area contributed by atoms with Crippen LogP contribution in [0.2, 0.25) is 0 Å². The van der Waals surface area contributed by atoms with Crippen LogP contribution in [0.4, 0.5) is 4.39 Å². The summed E-state index contributed by atoms with van der Waals surface area (Å²) < 4.78 is 13.7. The van der Waals surface area contributed by atoms with Crippen molar-refractivity contribution in [3.05, 3.63) is 23.0 Å². The van der Waals surface area contributed by atoms with Gasteiger partial charge in [-0.15, -0.1) is 0 Å². The monoisotopic (exact) mass is 240 g/mol. The molecule has 1 aromatic rings. The third-order valence-corrected chi connectivity index (χ3v) is 2.97. The summed E-state index contributed by atoms with van der Waals surface area (Å²) in [6.07, 6.45) is 5.07. The summed E-state index contributed by atoms with van der Waals surface area (Å²) in [5.74, 6) is -1.56. The Hall–Kier alpha value is -1.25. The molecule has 0 aliphatic carbocycles. The van der Waals surface area contributed by atoms with Gasteiger partial charge in [0, 0.05) is 0 Å². The Kier molecular flexibility index (Phi) is 5.26. The Morgan fingerprint density at radius 1 is 0.941 bits per heavy atom. The molecule has 0 saturated heterocycles. The molecule has 2 nitrogen and oxygen atoms in total. The average molecular weight is 240 g/mol. The summed E-state index contributed by atoms with van der Waals surface area (Å²) in [5.41, 5.74) is 1.16. The molecule has 0 saturated carbocycles. The maximum Gasteiger partial charge on any atom is 0.194 e. The highest BCUT2D eigenvalue weighted by Gasteiger charge is 2.16. The van der Waals surface area contributed by atoms with Crippen LogP contribution < -0.4 is 0 Å². The van der Waals surface area contributed by atoms with E-state index >= 15 is 0 Å². The van der Waals surface area contributed by atoms with E-state index in [1.807, 2.05) is 6.92 Å². The van der Waals surface area contributed by atoms with Crippen molar-refractivity contribution in [3.8, 4) is 11.5 Å². The molecule has 0 unspecified atom stereocenters. The van der Waals surface area contributed by atoms with Crippen LogP contribution in [0.15, 0.2) is 6.07 Å². The Morgan fingerprint density at radius 3 is 2.00 bits per heavy atom. The lowest BCUT2D eigenvalue weighted by atomic mass is 10.00. The lowest BCUT2D eigenvalue weighted by Gasteiger charge is -2.11. The first-order chi connectivity index (χ1) is 8.11. The molecule has 3 heteroatoms. The quantitative estimate of drug-likeness (QED) is 0.740. The molecule has 0 heterocycles. The molecular formula is C14H21FO2. The van der Waals surface area contributed by atoms with E-state index in [1.54, 1.807) is 6.07 Å². The molecular weight excluding hydrogens is 219 g/mol. The van der Waals surface area contributed by atoms with Gasteiger partial charge in [0.1, 0.15) is 0 Å². The number of hydrogen-bond acceptors (Lipinski definition) is 2. The molecule has 96 valence electrons. The highest BCUT2D eigenvalue weighted by atomic mass is 19.1. The second-order valence-electron chi connectivity index (χ2n) is 4.41. The van der Waals surface area contributed by atoms with Crippen molar-refractivity contribution >= 4 is 0 Å². The standard InChI is InChI=1S/C14H21FO2/c1-3-5-7-10-9-11(8-6-4-2)13(16)14(17)12(10)15/h9,16-17H,3-8H2,1-2H3. The van der Waals surface area contributed by atoms with E-state index in [4.69, 9.17) is 0 Å². The van der Waals surface area contributed by atoms with Gasteiger partial charge in [0.25, 0.3) is 0 Å². The van der Waals surface area contributed by atoms with Crippen LogP contribution in [0.25, 0.3) is 0 Å². The topological polar surface area (TPSA) is 40.5 Å². The summed E-state index contributed by atoms with van der Waals surface area (Å²) in [5, 5.41) is 19.2. The van der Waals surface area contributed by atoms with Crippen molar-refractivity contribution in [2.24, 2.45) is 0 Å². The van der Waals surface area contributed by atoms with Gasteiger partial charge in [0.15, 0.2) is 17.3 Å². The fourth-order valence-electron chi connectivity index (χ4n) is 1.86. The predicted molar refractivity (Wildman–Crippen MR) is 67.0 cm³/mol. The maximum atomic E-state index is 13.7. The Morgan fingerprint density at radius 2 is 1.47 bits per heavy atom.